The number of aromatic nitrogens is 2. The summed E-state index contributed by atoms with van der Waals surface area (Å²) in [7, 11) is 0. The minimum absolute atomic E-state index is 0.0863. The summed E-state index contributed by atoms with van der Waals surface area (Å²) >= 11 is 0. The van der Waals surface area contributed by atoms with Crippen LogP contribution >= 0.6 is 0 Å². The van der Waals surface area contributed by atoms with Gasteiger partial charge in [0.15, 0.2) is 6.04 Å². The number of ether oxygens (including phenoxy) is 2. The van der Waals surface area contributed by atoms with E-state index in [9.17, 15) is 23.2 Å². The second-order valence-corrected chi connectivity index (χ2v) is 13.3. The van der Waals surface area contributed by atoms with E-state index in [-0.39, 0.29) is 36.4 Å². The maximum atomic E-state index is 15.3. The van der Waals surface area contributed by atoms with Crippen molar-refractivity contribution in [2.24, 2.45) is 0 Å². The monoisotopic (exact) mass is 652 g/mol. The van der Waals surface area contributed by atoms with Crippen LogP contribution in [0.2, 0.25) is 0 Å². The van der Waals surface area contributed by atoms with Crippen molar-refractivity contribution in [1.82, 2.24) is 19.4 Å². The van der Waals surface area contributed by atoms with E-state index in [2.05, 4.69) is 4.98 Å². The number of amides is 2. The highest BCUT2D eigenvalue weighted by Crippen LogP contribution is 2.41. The molecule has 47 heavy (non-hydrogen) atoms. The van der Waals surface area contributed by atoms with E-state index in [4.69, 9.17) is 9.47 Å². The molecule has 0 spiro atoms. The molecule has 1 unspecified atom stereocenters. The molecule has 3 aliphatic heterocycles. The summed E-state index contributed by atoms with van der Waals surface area (Å²) in [5.41, 5.74) is 2.29. The predicted molar refractivity (Wildman–Crippen MR) is 167 cm³/mol. The Bertz CT molecular complexity index is 1680. The third kappa shape index (κ3) is 6.34. The van der Waals surface area contributed by atoms with Crippen LogP contribution in [-0.4, -0.2) is 68.8 Å². The number of nitrogens with zero attached hydrogens (tertiary/aromatic N) is 4. The molecule has 1 fully saturated rings. The van der Waals surface area contributed by atoms with Gasteiger partial charge in [-0.05, 0) is 81.3 Å². The van der Waals surface area contributed by atoms with Crippen molar-refractivity contribution in [3.63, 3.8) is 0 Å². The van der Waals surface area contributed by atoms with Crippen LogP contribution in [0.25, 0.3) is 11.1 Å². The molecular formula is C35H39F3N4O5. The summed E-state index contributed by atoms with van der Waals surface area (Å²) in [6.45, 7) is 7.87. The standard InChI is InChI=1S/C35H39F3N4O5/c1-5-46-33(44)30(29-28-7-6-13-41(28)19-39-29)42-17-26-24(31(37)38)15-22(16-25(26)32(42)43)20-8-10-21(11-9-20)23-12-14-40(18-27(23)36)34(45)47-35(2,3)4/h8-11,15-16,19,23,27,30-31H,5-7,12-14,17-18H2,1-4H3/t23-,27+,30?/m1/s1. The highest BCUT2D eigenvalue weighted by atomic mass is 19.3. The zero-order valence-electron chi connectivity index (χ0n) is 27.0. The first-order valence-electron chi connectivity index (χ1n) is 16.0. The smallest absolute Gasteiger partial charge is 0.410 e. The summed E-state index contributed by atoms with van der Waals surface area (Å²) in [4.78, 5) is 46.7. The topological polar surface area (TPSA) is 94.0 Å². The van der Waals surface area contributed by atoms with Crippen LogP contribution in [0.5, 0.6) is 0 Å². The SMILES string of the molecule is CCOC(=O)C(c1ncn2c1CCC2)N1Cc2c(cc(-c3ccc([C@H]4CCN(C(=O)OC(C)(C)C)C[C@@H]4F)cc3)cc2C(F)F)C1=O. The molecule has 0 radical (unpaired) electrons. The minimum atomic E-state index is -2.86. The van der Waals surface area contributed by atoms with Gasteiger partial charge in [-0.2, -0.15) is 0 Å². The Morgan fingerprint density at radius 3 is 2.49 bits per heavy atom. The number of likely N-dealkylation sites (tertiary alicyclic amines) is 1. The van der Waals surface area contributed by atoms with E-state index < -0.39 is 48.1 Å². The predicted octanol–water partition coefficient (Wildman–Crippen LogP) is 6.76. The molecule has 2 amide bonds. The first-order chi connectivity index (χ1) is 22.4. The van der Waals surface area contributed by atoms with Crippen molar-refractivity contribution >= 4 is 18.0 Å². The summed E-state index contributed by atoms with van der Waals surface area (Å²) in [5.74, 6) is -1.64. The van der Waals surface area contributed by atoms with Crippen molar-refractivity contribution in [2.75, 3.05) is 19.7 Å². The van der Waals surface area contributed by atoms with Gasteiger partial charge in [-0.25, -0.2) is 27.7 Å². The van der Waals surface area contributed by atoms with Crippen LogP contribution in [0.1, 0.15) is 97.4 Å². The number of piperidine rings is 1. The number of hydrogen-bond donors (Lipinski definition) is 0. The van der Waals surface area contributed by atoms with Gasteiger partial charge >= 0.3 is 12.1 Å². The van der Waals surface area contributed by atoms with Gasteiger partial charge < -0.3 is 23.8 Å². The van der Waals surface area contributed by atoms with Crippen LogP contribution in [0.4, 0.5) is 18.0 Å². The Labute approximate surface area is 271 Å². The number of hydrogen-bond acceptors (Lipinski definition) is 6. The Balaban J connectivity index is 1.25. The fourth-order valence-electron chi connectivity index (χ4n) is 6.86. The average molecular weight is 653 g/mol. The number of carbonyl (C=O) groups is 3. The molecule has 1 saturated heterocycles. The normalized spacial score (nSPS) is 20.0. The quantitative estimate of drug-likeness (QED) is 0.262. The molecule has 12 heteroatoms. The zero-order chi connectivity index (χ0) is 33.6. The van der Waals surface area contributed by atoms with E-state index >= 15 is 4.39 Å². The van der Waals surface area contributed by atoms with Gasteiger partial charge in [0.2, 0.25) is 0 Å². The number of imidazole rings is 1. The lowest BCUT2D eigenvalue weighted by atomic mass is 9.87. The number of benzene rings is 2. The fourth-order valence-corrected chi connectivity index (χ4v) is 6.86. The number of rotatable bonds is 7. The van der Waals surface area contributed by atoms with Gasteiger partial charge in [0, 0.05) is 42.4 Å². The lowest BCUT2D eigenvalue weighted by Gasteiger charge is -2.35. The third-order valence-corrected chi connectivity index (χ3v) is 9.08. The van der Waals surface area contributed by atoms with Gasteiger partial charge in [0.25, 0.3) is 12.3 Å². The fraction of sp³-hybridized carbons (Fsp3) is 0.486. The lowest BCUT2D eigenvalue weighted by Crippen LogP contribution is -2.46. The molecule has 0 N–H and O–H groups in total. The van der Waals surface area contributed by atoms with Crippen LogP contribution in [0.3, 0.4) is 0 Å². The van der Waals surface area contributed by atoms with E-state index in [0.29, 0.717) is 36.2 Å². The number of carbonyl (C=O) groups excluding carboxylic acids is 3. The average Bonchev–Trinajstić information content (AvgIpc) is 3.73. The molecule has 250 valence electrons. The maximum Gasteiger partial charge on any atom is 0.410 e. The van der Waals surface area contributed by atoms with Gasteiger partial charge in [0.05, 0.1) is 25.2 Å². The van der Waals surface area contributed by atoms with Gasteiger partial charge in [-0.3, -0.25) is 4.79 Å². The molecule has 4 heterocycles. The number of fused-ring (bicyclic) bond motifs is 2. The number of esters is 1. The second kappa shape index (κ2) is 12.7. The molecule has 3 aromatic rings. The molecule has 0 saturated carbocycles. The molecule has 1 aromatic heterocycles. The van der Waals surface area contributed by atoms with E-state index in [1.807, 2.05) is 4.57 Å². The van der Waals surface area contributed by atoms with Gasteiger partial charge in [-0.1, -0.05) is 24.3 Å². The highest BCUT2D eigenvalue weighted by molar-refractivity contribution is 6.02. The van der Waals surface area contributed by atoms with E-state index in [1.165, 1.54) is 15.9 Å². The van der Waals surface area contributed by atoms with E-state index in [0.717, 1.165) is 24.2 Å². The Kier molecular flexibility index (Phi) is 8.80. The van der Waals surface area contributed by atoms with Crippen molar-refractivity contribution in [1.29, 1.82) is 0 Å². The van der Waals surface area contributed by atoms with Crippen molar-refractivity contribution in [3.8, 4) is 11.1 Å². The molecule has 2 aromatic carbocycles. The van der Waals surface area contributed by atoms with Crippen molar-refractivity contribution < 1.29 is 37.0 Å². The van der Waals surface area contributed by atoms with Crippen LogP contribution < -0.4 is 0 Å². The molecule has 9 nitrogen and oxygen atoms in total. The van der Waals surface area contributed by atoms with Crippen LogP contribution in [-0.2, 0) is 33.8 Å². The Morgan fingerprint density at radius 1 is 1.09 bits per heavy atom. The van der Waals surface area contributed by atoms with Gasteiger partial charge in [0.1, 0.15) is 11.8 Å². The first-order valence-corrected chi connectivity index (χ1v) is 16.0. The zero-order valence-corrected chi connectivity index (χ0v) is 27.0. The molecule has 0 bridgehead atoms. The van der Waals surface area contributed by atoms with Crippen molar-refractivity contribution in [2.45, 2.75) is 90.2 Å². The first kappa shape index (κ1) is 32.6. The number of alkyl halides is 3. The Hall–Kier alpha value is -4.35. The maximum absolute atomic E-state index is 15.3. The number of halogens is 3. The lowest BCUT2D eigenvalue weighted by molar-refractivity contribution is -0.149. The number of aryl methyl sites for hydroxylation is 1. The Morgan fingerprint density at radius 2 is 1.83 bits per heavy atom. The third-order valence-electron chi connectivity index (χ3n) is 9.08. The summed E-state index contributed by atoms with van der Waals surface area (Å²) in [5, 5.41) is 0. The molecule has 0 aliphatic carbocycles. The highest BCUT2D eigenvalue weighted by Gasteiger charge is 2.43. The van der Waals surface area contributed by atoms with Crippen molar-refractivity contribution in [3.05, 3.63) is 76.4 Å². The molecular weight excluding hydrogens is 613 g/mol. The summed E-state index contributed by atoms with van der Waals surface area (Å²) in [6.07, 6.45) is -1.11. The minimum Gasteiger partial charge on any atom is -0.464 e. The van der Waals surface area contributed by atoms with Crippen LogP contribution in [0, 0.1) is 0 Å². The largest absolute Gasteiger partial charge is 0.464 e. The van der Waals surface area contributed by atoms with E-state index in [1.54, 1.807) is 64.4 Å². The second-order valence-electron chi connectivity index (χ2n) is 13.3. The summed E-state index contributed by atoms with van der Waals surface area (Å²) < 4.78 is 57.0. The van der Waals surface area contributed by atoms with Crippen LogP contribution in [0.15, 0.2) is 42.7 Å². The molecule has 6 rings (SSSR count). The molecule has 3 aliphatic rings. The summed E-state index contributed by atoms with van der Waals surface area (Å²) in [6, 6.07) is 8.77. The van der Waals surface area contributed by atoms with Gasteiger partial charge in [-0.15, -0.1) is 0 Å². The molecule has 3 atom stereocenters.